The number of halogens is 1. The summed E-state index contributed by atoms with van der Waals surface area (Å²) in [6.45, 7) is 5.63. The molecule has 0 bridgehead atoms. The Morgan fingerprint density at radius 1 is 1.63 bits per heavy atom. The molecule has 0 radical (unpaired) electrons. The van der Waals surface area contributed by atoms with Gasteiger partial charge in [0.2, 0.25) is 0 Å². The molecule has 106 valence electrons. The molecule has 2 rings (SSSR count). The van der Waals surface area contributed by atoms with Gasteiger partial charge in [0.25, 0.3) is 0 Å². The number of nitrogens with one attached hydrogen (secondary N) is 1. The van der Waals surface area contributed by atoms with Gasteiger partial charge in [-0.3, -0.25) is 9.48 Å². The van der Waals surface area contributed by atoms with Crippen LogP contribution in [0, 0.1) is 6.92 Å². The number of aryl methyl sites for hydroxylation is 2. The summed E-state index contributed by atoms with van der Waals surface area (Å²) in [7, 11) is 0. The number of nitrogens with zero attached hydrogens (tertiary/aromatic N) is 2. The molecule has 0 aliphatic carbocycles. The van der Waals surface area contributed by atoms with Crippen LogP contribution in [0.3, 0.4) is 0 Å². The van der Waals surface area contributed by atoms with Crippen LogP contribution < -0.4 is 5.32 Å². The molecule has 1 atom stereocenters. The second-order valence-corrected chi connectivity index (χ2v) is 6.34. The van der Waals surface area contributed by atoms with E-state index in [9.17, 15) is 4.79 Å². The Balaban J connectivity index is 1.98. The maximum absolute atomic E-state index is 12.2. The van der Waals surface area contributed by atoms with Crippen LogP contribution in [0.25, 0.3) is 0 Å². The molecule has 0 saturated carbocycles. The quantitative estimate of drug-likeness (QED) is 0.904. The van der Waals surface area contributed by atoms with Crippen LogP contribution in [0.2, 0.25) is 5.02 Å². The Morgan fingerprint density at radius 2 is 2.42 bits per heavy atom. The van der Waals surface area contributed by atoms with Crippen LogP contribution in [0.4, 0.5) is 0 Å². The first-order chi connectivity index (χ1) is 9.11. The minimum Gasteiger partial charge on any atom is -0.312 e. The number of ketones is 1. The predicted molar refractivity (Wildman–Crippen MR) is 80.1 cm³/mol. The third-order valence-electron chi connectivity index (χ3n) is 3.29. The second kappa shape index (κ2) is 6.77. The summed E-state index contributed by atoms with van der Waals surface area (Å²) in [6.07, 6.45) is 0.966. The van der Waals surface area contributed by atoms with Gasteiger partial charge in [-0.25, -0.2) is 0 Å². The van der Waals surface area contributed by atoms with Crippen LogP contribution in [-0.2, 0) is 17.8 Å². The van der Waals surface area contributed by atoms with Gasteiger partial charge in [-0.1, -0.05) is 11.6 Å². The molecule has 1 aromatic heterocycles. The van der Waals surface area contributed by atoms with Crippen molar-refractivity contribution >= 4 is 29.1 Å². The van der Waals surface area contributed by atoms with Crippen molar-refractivity contribution in [2.45, 2.75) is 39.3 Å². The summed E-state index contributed by atoms with van der Waals surface area (Å²) in [5, 5.41) is 8.37. The first-order valence-corrected chi connectivity index (χ1v) is 8.19. The fourth-order valence-electron chi connectivity index (χ4n) is 2.32. The van der Waals surface area contributed by atoms with Gasteiger partial charge in [0.1, 0.15) is 5.78 Å². The minimum absolute atomic E-state index is 0.233. The van der Waals surface area contributed by atoms with E-state index in [4.69, 9.17) is 11.6 Å². The fraction of sp³-hybridized carbons (Fsp3) is 0.692. The average Bonchev–Trinajstić information content (AvgIpc) is 2.67. The Hall–Kier alpha value is -0.520. The Labute approximate surface area is 123 Å². The molecule has 19 heavy (non-hydrogen) atoms. The smallest absolute Gasteiger partial charge is 0.140 e. The van der Waals surface area contributed by atoms with Crippen molar-refractivity contribution in [2.24, 2.45) is 0 Å². The molecule has 1 aromatic rings. The van der Waals surface area contributed by atoms with Gasteiger partial charge in [-0.2, -0.15) is 16.9 Å². The van der Waals surface area contributed by atoms with E-state index < -0.39 is 0 Å². The number of aromatic nitrogens is 2. The lowest BCUT2D eigenvalue weighted by Gasteiger charge is -2.22. The van der Waals surface area contributed by atoms with E-state index >= 15 is 0 Å². The standard InChI is InChI=1S/C13H20ClN3OS/c1-3-17-12(13(14)9(2)16-17)7-11(18)6-10-8-19-5-4-15-10/h10,15H,3-8H2,1-2H3. The third kappa shape index (κ3) is 3.74. The van der Waals surface area contributed by atoms with Crippen LogP contribution in [0.5, 0.6) is 0 Å². The van der Waals surface area contributed by atoms with Gasteiger partial charge in [0, 0.05) is 43.5 Å². The van der Waals surface area contributed by atoms with Crippen molar-refractivity contribution in [3.05, 3.63) is 16.4 Å². The van der Waals surface area contributed by atoms with Crippen molar-refractivity contribution in [2.75, 3.05) is 18.1 Å². The molecular weight excluding hydrogens is 282 g/mol. The Morgan fingerprint density at radius 3 is 3.05 bits per heavy atom. The van der Waals surface area contributed by atoms with Gasteiger partial charge in [-0.05, 0) is 13.8 Å². The highest BCUT2D eigenvalue weighted by atomic mass is 35.5. The Bertz CT molecular complexity index is 455. The van der Waals surface area contributed by atoms with Crippen molar-refractivity contribution in [3.63, 3.8) is 0 Å². The van der Waals surface area contributed by atoms with E-state index in [1.807, 2.05) is 30.3 Å². The molecule has 1 N–H and O–H groups in total. The molecule has 1 aliphatic rings. The first kappa shape index (κ1) is 14.9. The molecule has 0 spiro atoms. The number of thioether (sulfide) groups is 1. The van der Waals surface area contributed by atoms with Gasteiger partial charge >= 0.3 is 0 Å². The molecule has 6 heteroatoms. The molecule has 1 aliphatic heterocycles. The zero-order valence-corrected chi connectivity index (χ0v) is 13.0. The highest BCUT2D eigenvalue weighted by molar-refractivity contribution is 7.99. The van der Waals surface area contributed by atoms with E-state index in [1.54, 1.807) is 0 Å². The van der Waals surface area contributed by atoms with E-state index in [0.29, 0.717) is 23.9 Å². The maximum atomic E-state index is 12.2. The number of carbonyl (C=O) groups is 1. The lowest BCUT2D eigenvalue weighted by molar-refractivity contribution is -0.118. The van der Waals surface area contributed by atoms with E-state index in [0.717, 1.165) is 36.0 Å². The maximum Gasteiger partial charge on any atom is 0.140 e. The minimum atomic E-state index is 0.233. The van der Waals surface area contributed by atoms with Gasteiger partial charge in [0.05, 0.1) is 16.4 Å². The molecule has 0 aromatic carbocycles. The van der Waals surface area contributed by atoms with Crippen LogP contribution in [0.1, 0.15) is 24.7 Å². The molecule has 0 amide bonds. The summed E-state index contributed by atoms with van der Waals surface area (Å²) < 4.78 is 1.83. The molecule has 1 unspecified atom stereocenters. The van der Waals surface area contributed by atoms with Crippen molar-refractivity contribution in [1.29, 1.82) is 0 Å². The molecule has 1 fully saturated rings. The molecule has 2 heterocycles. The molecule has 1 saturated heterocycles. The van der Waals surface area contributed by atoms with E-state index in [2.05, 4.69) is 10.4 Å². The summed E-state index contributed by atoms with van der Waals surface area (Å²) in [4.78, 5) is 12.2. The van der Waals surface area contributed by atoms with E-state index in [-0.39, 0.29) is 5.78 Å². The summed E-state index contributed by atoms with van der Waals surface area (Å²) in [5.41, 5.74) is 1.66. The highest BCUT2D eigenvalue weighted by Crippen LogP contribution is 2.22. The lowest BCUT2D eigenvalue weighted by atomic mass is 10.1. The first-order valence-electron chi connectivity index (χ1n) is 6.66. The summed E-state index contributed by atoms with van der Waals surface area (Å²) in [5.74, 6) is 2.39. The largest absolute Gasteiger partial charge is 0.312 e. The number of hydrogen-bond donors (Lipinski definition) is 1. The topological polar surface area (TPSA) is 46.9 Å². The molecule has 4 nitrogen and oxygen atoms in total. The van der Waals surface area contributed by atoms with Crippen molar-refractivity contribution < 1.29 is 4.79 Å². The highest BCUT2D eigenvalue weighted by Gasteiger charge is 2.20. The van der Waals surface area contributed by atoms with E-state index in [1.165, 1.54) is 0 Å². The van der Waals surface area contributed by atoms with Gasteiger partial charge < -0.3 is 5.32 Å². The number of Topliss-reactive ketones (excluding diaryl/α,β-unsaturated/α-hetero) is 1. The normalized spacial score (nSPS) is 19.6. The van der Waals surface area contributed by atoms with Crippen LogP contribution >= 0.6 is 23.4 Å². The number of rotatable bonds is 5. The monoisotopic (exact) mass is 301 g/mol. The van der Waals surface area contributed by atoms with Crippen LogP contribution in [-0.4, -0.2) is 39.7 Å². The second-order valence-electron chi connectivity index (χ2n) is 4.81. The van der Waals surface area contributed by atoms with Gasteiger partial charge in [0.15, 0.2) is 0 Å². The average molecular weight is 302 g/mol. The molecular formula is C13H20ClN3OS. The van der Waals surface area contributed by atoms with Crippen LogP contribution in [0.15, 0.2) is 0 Å². The van der Waals surface area contributed by atoms with Crippen molar-refractivity contribution in [3.8, 4) is 0 Å². The zero-order chi connectivity index (χ0) is 13.8. The van der Waals surface area contributed by atoms with Crippen molar-refractivity contribution in [1.82, 2.24) is 15.1 Å². The fourth-order valence-corrected chi connectivity index (χ4v) is 3.47. The Kier molecular flexibility index (Phi) is 5.30. The number of carbonyl (C=O) groups excluding carboxylic acids is 1. The third-order valence-corrected chi connectivity index (χ3v) is 4.91. The number of hydrogen-bond acceptors (Lipinski definition) is 4. The summed E-state index contributed by atoms with van der Waals surface area (Å²) >= 11 is 8.13. The summed E-state index contributed by atoms with van der Waals surface area (Å²) in [6, 6.07) is 0.309. The van der Waals surface area contributed by atoms with Gasteiger partial charge in [-0.15, -0.1) is 0 Å². The zero-order valence-electron chi connectivity index (χ0n) is 11.4. The lowest BCUT2D eigenvalue weighted by Crippen LogP contribution is -2.39. The predicted octanol–water partition coefficient (Wildman–Crippen LogP) is 2.07. The SMILES string of the molecule is CCn1nc(C)c(Cl)c1CC(=O)CC1CSCCN1.